The van der Waals surface area contributed by atoms with E-state index in [2.05, 4.69) is 15.0 Å². The van der Waals surface area contributed by atoms with Gasteiger partial charge in [-0.2, -0.15) is 4.98 Å². The van der Waals surface area contributed by atoms with Crippen molar-refractivity contribution in [3.63, 3.8) is 0 Å². The number of anilines is 1. The van der Waals surface area contributed by atoms with Gasteiger partial charge in [-0.15, -0.1) is 6.42 Å². The Morgan fingerprint density at radius 1 is 1.59 bits per heavy atom. The van der Waals surface area contributed by atoms with Crippen LogP contribution in [0.25, 0.3) is 11.2 Å². The fraction of sp³-hybridized carbons (Fsp3) is 0.462. The largest absolute Gasteiger partial charge is 0.391 e. The molecule has 2 aromatic heterocycles. The van der Waals surface area contributed by atoms with Crippen molar-refractivity contribution in [2.75, 3.05) is 5.73 Å². The van der Waals surface area contributed by atoms with Crippen molar-refractivity contribution in [3.8, 4) is 12.3 Å². The highest BCUT2D eigenvalue weighted by Gasteiger charge is 2.59. The van der Waals surface area contributed by atoms with Gasteiger partial charge in [-0.1, -0.05) is 5.92 Å². The fourth-order valence-corrected chi connectivity index (χ4v) is 2.52. The number of imidazole rings is 1. The highest BCUT2D eigenvalue weighted by atomic mass is 19.1. The number of alkyl halides is 1. The van der Waals surface area contributed by atoms with Crippen LogP contribution < -0.4 is 5.73 Å². The molecule has 4 N–H and O–H groups in total. The summed E-state index contributed by atoms with van der Waals surface area (Å²) in [5.74, 6) is 1.89. The Morgan fingerprint density at radius 2 is 2.32 bits per heavy atom. The number of nitrogens with zero attached hydrogens (tertiary/aromatic N) is 4. The van der Waals surface area contributed by atoms with Crippen LogP contribution in [-0.2, 0) is 4.74 Å². The third kappa shape index (κ3) is 1.93. The lowest BCUT2D eigenvalue weighted by atomic mass is 9.95. The van der Waals surface area contributed by atoms with Crippen LogP contribution in [0.3, 0.4) is 0 Å². The van der Waals surface area contributed by atoms with Crippen LogP contribution in [-0.4, -0.2) is 53.7 Å². The number of aromatic nitrogens is 4. The lowest BCUT2D eigenvalue weighted by molar-refractivity contribution is -0.0776. The van der Waals surface area contributed by atoms with Crippen LogP contribution in [0.2, 0.25) is 0 Å². The van der Waals surface area contributed by atoms with E-state index < -0.39 is 30.2 Å². The number of aliphatic hydroxyl groups is 2. The zero-order valence-corrected chi connectivity index (χ0v) is 11.6. The molecule has 116 valence electrons. The number of halogens is 1. The van der Waals surface area contributed by atoms with Crippen molar-refractivity contribution >= 4 is 17.1 Å². The Kier molecular flexibility index (Phi) is 3.25. The number of nitrogen functional groups attached to an aromatic ring is 1. The highest BCUT2D eigenvalue weighted by molar-refractivity contribution is 5.70. The van der Waals surface area contributed by atoms with Crippen molar-refractivity contribution in [2.45, 2.75) is 37.1 Å². The molecule has 0 radical (unpaired) electrons. The molecule has 2 unspecified atom stereocenters. The standard InChI is InChI=1S/C13H14FN5O3/c1-3-13(14)9(21)8(6(2)20)22-11(13)19-5-17-7-4-16-12(15)18-10(7)19/h1,4-6,8-9,11,20-21H,2H3,(H2,15,16,18)/t6-,8+,9?,11+,13?/m0/s1. The number of fused-ring (bicyclic) bond motifs is 1. The lowest BCUT2D eigenvalue weighted by Gasteiger charge is -2.23. The molecule has 0 amide bonds. The quantitative estimate of drug-likeness (QED) is 0.633. The zero-order valence-electron chi connectivity index (χ0n) is 11.6. The second-order valence-electron chi connectivity index (χ2n) is 5.14. The number of rotatable bonds is 2. The number of terminal acetylenes is 1. The molecule has 22 heavy (non-hydrogen) atoms. The van der Waals surface area contributed by atoms with Gasteiger partial charge in [0.1, 0.15) is 17.7 Å². The van der Waals surface area contributed by atoms with E-state index in [9.17, 15) is 10.2 Å². The summed E-state index contributed by atoms with van der Waals surface area (Å²) < 4.78 is 21.7. The van der Waals surface area contributed by atoms with E-state index in [1.54, 1.807) is 0 Å². The molecule has 3 rings (SSSR count). The first-order valence-electron chi connectivity index (χ1n) is 6.52. The van der Waals surface area contributed by atoms with Crippen molar-refractivity contribution in [2.24, 2.45) is 0 Å². The lowest BCUT2D eigenvalue weighted by Crippen LogP contribution is -2.43. The van der Waals surface area contributed by atoms with E-state index >= 15 is 4.39 Å². The van der Waals surface area contributed by atoms with E-state index in [1.807, 2.05) is 5.92 Å². The fourth-order valence-electron chi connectivity index (χ4n) is 2.52. The van der Waals surface area contributed by atoms with Gasteiger partial charge in [-0.3, -0.25) is 4.57 Å². The number of nitrogens with two attached hydrogens (primary N) is 1. The number of hydrogen-bond acceptors (Lipinski definition) is 7. The Bertz CT molecular complexity index is 758. The molecule has 2 aromatic rings. The zero-order chi connectivity index (χ0) is 16.1. The molecule has 3 heterocycles. The van der Waals surface area contributed by atoms with E-state index in [-0.39, 0.29) is 11.6 Å². The number of hydrogen-bond donors (Lipinski definition) is 3. The Morgan fingerprint density at radius 3 is 2.95 bits per heavy atom. The molecule has 1 aliphatic rings. The molecule has 8 nitrogen and oxygen atoms in total. The van der Waals surface area contributed by atoms with Gasteiger partial charge in [0.15, 0.2) is 11.9 Å². The van der Waals surface area contributed by atoms with E-state index in [4.69, 9.17) is 16.9 Å². The summed E-state index contributed by atoms with van der Waals surface area (Å²) in [5.41, 5.74) is 3.56. The monoisotopic (exact) mass is 307 g/mol. The first-order chi connectivity index (χ1) is 10.4. The predicted octanol–water partition coefficient (Wildman–Crippen LogP) is -0.611. The summed E-state index contributed by atoms with van der Waals surface area (Å²) in [5, 5.41) is 19.7. The summed E-state index contributed by atoms with van der Waals surface area (Å²) in [6.45, 7) is 1.37. The first kappa shape index (κ1) is 14.6. The molecule has 9 heteroatoms. The van der Waals surface area contributed by atoms with Crippen LogP contribution in [0.4, 0.5) is 10.3 Å². The molecular formula is C13H14FN5O3. The second kappa shape index (κ2) is 4.88. The normalized spacial score (nSPS) is 33.0. The molecule has 0 aromatic carbocycles. The molecule has 1 saturated heterocycles. The summed E-state index contributed by atoms with van der Waals surface area (Å²) in [6.07, 6.45) is 2.52. The van der Waals surface area contributed by atoms with Crippen LogP contribution in [0.5, 0.6) is 0 Å². The van der Waals surface area contributed by atoms with Gasteiger partial charge in [0.05, 0.1) is 18.6 Å². The van der Waals surface area contributed by atoms with Crippen molar-refractivity contribution in [1.82, 2.24) is 19.5 Å². The topological polar surface area (TPSA) is 119 Å². The molecule has 0 spiro atoms. The van der Waals surface area contributed by atoms with Crippen LogP contribution in [0.15, 0.2) is 12.5 Å². The summed E-state index contributed by atoms with van der Waals surface area (Å²) in [4.78, 5) is 11.8. The summed E-state index contributed by atoms with van der Waals surface area (Å²) in [7, 11) is 0. The van der Waals surface area contributed by atoms with Crippen molar-refractivity contribution < 1.29 is 19.3 Å². The third-order valence-corrected chi connectivity index (χ3v) is 3.67. The van der Waals surface area contributed by atoms with Gasteiger partial charge in [0.2, 0.25) is 11.6 Å². The minimum absolute atomic E-state index is 0.0231. The molecule has 0 aliphatic carbocycles. The maximum atomic E-state index is 15.1. The smallest absolute Gasteiger partial charge is 0.243 e. The molecular weight excluding hydrogens is 293 g/mol. The molecule has 0 bridgehead atoms. The van der Waals surface area contributed by atoms with Crippen molar-refractivity contribution in [1.29, 1.82) is 0 Å². The van der Waals surface area contributed by atoms with Crippen LogP contribution in [0, 0.1) is 12.3 Å². The van der Waals surface area contributed by atoms with Crippen LogP contribution in [0.1, 0.15) is 13.2 Å². The second-order valence-corrected chi connectivity index (χ2v) is 5.14. The minimum atomic E-state index is -2.55. The Hall–Kier alpha value is -2.28. The maximum Gasteiger partial charge on any atom is 0.243 e. The third-order valence-electron chi connectivity index (χ3n) is 3.67. The number of ether oxygens (including phenoxy) is 1. The molecule has 1 aliphatic heterocycles. The average Bonchev–Trinajstić information content (AvgIpc) is 2.99. The van der Waals surface area contributed by atoms with Gasteiger partial charge < -0.3 is 20.7 Å². The Labute approximate surface area is 124 Å². The Balaban J connectivity index is 2.13. The van der Waals surface area contributed by atoms with Gasteiger partial charge >= 0.3 is 0 Å². The minimum Gasteiger partial charge on any atom is -0.391 e. The van der Waals surface area contributed by atoms with Gasteiger partial charge in [0.25, 0.3) is 0 Å². The molecule has 1 fully saturated rings. The van der Waals surface area contributed by atoms with Gasteiger partial charge in [0, 0.05) is 0 Å². The first-order valence-corrected chi connectivity index (χ1v) is 6.52. The van der Waals surface area contributed by atoms with E-state index in [0.717, 1.165) is 0 Å². The van der Waals surface area contributed by atoms with Crippen LogP contribution >= 0.6 is 0 Å². The number of aliphatic hydroxyl groups excluding tert-OH is 2. The summed E-state index contributed by atoms with van der Waals surface area (Å²) in [6, 6.07) is 0. The van der Waals surface area contributed by atoms with Gasteiger partial charge in [-0.25, -0.2) is 14.4 Å². The van der Waals surface area contributed by atoms with Crippen molar-refractivity contribution in [3.05, 3.63) is 12.5 Å². The van der Waals surface area contributed by atoms with E-state index in [0.29, 0.717) is 5.52 Å². The van der Waals surface area contributed by atoms with E-state index in [1.165, 1.54) is 24.0 Å². The molecule has 5 atom stereocenters. The predicted molar refractivity (Wildman–Crippen MR) is 74.0 cm³/mol. The highest BCUT2D eigenvalue weighted by Crippen LogP contribution is 2.43. The molecule has 0 saturated carbocycles. The summed E-state index contributed by atoms with van der Waals surface area (Å²) >= 11 is 0. The van der Waals surface area contributed by atoms with Gasteiger partial charge in [-0.05, 0) is 6.92 Å². The average molecular weight is 307 g/mol. The maximum absolute atomic E-state index is 15.1. The SMILES string of the molecule is C#CC1(F)C(O)[C@@H]([C@H](C)O)O[C@H]1n1cnc2cnc(N)nc21.